The van der Waals surface area contributed by atoms with E-state index < -0.39 is 0 Å². The summed E-state index contributed by atoms with van der Waals surface area (Å²) in [5.41, 5.74) is 1.39. The van der Waals surface area contributed by atoms with Crippen molar-refractivity contribution in [3.63, 3.8) is 0 Å². The third kappa shape index (κ3) is 2.64. The fourth-order valence-corrected chi connectivity index (χ4v) is 3.25. The van der Waals surface area contributed by atoms with Gasteiger partial charge in [0, 0.05) is 17.4 Å². The molecule has 1 amide bonds. The standard InChI is InChI=1S/C20H19NO3/c1-20(2)12-15(14-8-4-6-10-17(14)24-20)21-19(22)18-11-13-7-3-5-9-16(13)23-18/h3-11,15H,12H2,1-2H3,(H,21,22). The van der Waals surface area contributed by atoms with Gasteiger partial charge in [0.2, 0.25) is 0 Å². The molecular weight excluding hydrogens is 302 g/mol. The largest absolute Gasteiger partial charge is 0.487 e. The average molecular weight is 321 g/mol. The number of rotatable bonds is 2. The smallest absolute Gasteiger partial charge is 0.287 e. The fourth-order valence-electron chi connectivity index (χ4n) is 3.25. The SMILES string of the molecule is CC1(C)CC(NC(=O)c2cc3ccccc3o2)c2ccccc2O1. The molecule has 0 saturated heterocycles. The van der Waals surface area contributed by atoms with Crippen molar-refractivity contribution < 1.29 is 13.9 Å². The first kappa shape index (κ1) is 14.8. The molecule has 0 radical (unpaired) electrons. The summed E-state index contributed by atoms with van der Waals surface area (Å²) < 4.78 is 11.7. The van der Waals surface area contributed by atoms with Crippen molar-refractivity contribution in [3.05, 3.63) is 65.9 Å². The van der Waals surface area contributed by atoms with E-state index in [1.807, 2.05) is 62.4 Å². The van der Waals surface area contributed by atoms with Gasteiger partial charge in [-0.25, -0.2) is 0 Å². The molecule has 0 aliphatic carbocycles. The molecule has 0 spiro atoms. The Bertz CT molecular complexity index is 877. The molecule has 3 aromatic rings. The number of carbonyl (C=O) groups excluding carboxylic acids is 1. The highest BCUT2D eigenvalue weighted by atomic mass is 16.5. The lowest BCUT2D eigenvalue weighted by atomic mass is 9.89. The zero-order chi connectivity index (χ0) is 16.7. The van der Waals surface area contributed by atoms with Gasteiger partial charge in [-0.1, -0.05) is 36.4 Å². The highest BCUT2D eigenvalue weighted by molar-refractivity contribution is 5.96. The molecule has 1 aromatic heterocycles. The zero-order valence-electron chi connectivity index (χ0n) is 13.7. The molecule has 4 heteroatoms. The van der Waals surface area contributed by atoms with Gasteiger partial charge in [0.15, 0.2) is 5.76 Å². The van der Waals surface area contributed by atoms with Crippen LogP contribution >= 0.6 is 0 Å². The van der Waals surface area contributed by atoms with E-state index in [1.54, 1.807) is 6.07 Å². The molecule has 1 atom stereocenters. The molecule has 24 heavy (non-hydrogen) atoms. The number of nitrogens with one attached hydrogen (secondary N) is 1. The number of fused-ring (bicyclic) bond motifs is 2. The van der Waals surface area contributed by atoms with Crippen molar-refractivity contribution in [2.24, 2.45) is 0 Å². The highest BCUT2D eigenvalue weighted by Gasteiger charge is 2.34. The maximum absolute atomic E-state index is 12.7. The van der Waals surface area contributed by atoms with Crippen LogP contribution in [0.15, 0.2) is 59.0 Å². The monoisotopic (exact) mass is 321 g/mol. The second-order valence-electron chi connectivity index (χ2n) is 6.78. The summed E-state index contributed by atoms with van der Waals surface area (Å²) in [6, 6.07) is 17.1. The summed E-state index contributed by atoms with van der Waals surface area (Å²) in [6.45, 7) is 4.06. The summed E-state index contributed by atoms with van der Waals surface area (Å²) in [5, 5.41) is 4.02. The number of furan rings is 1. The Labute approximate surface area is 140 Å². The molecule has 1 aliphatic heterocycles. The van der Waals surface area contributed by atoms with Crippen molar-refractivity contribution in [3.8, 4) is 5.75 Å². The minimum absolute atomic E-state index is 0.106. The van der Waals surface area contributed by atoms with Crippen LogP contribution in [-0.4, -0.2) is 11.5 Å². The van der Waals surface area contributed by atoms with Gasteiger partial charge < -0.3 is 14.5 Å². The zero-order valence-corrected chi connectivity index (χ0v) is 13.7. The number of hydrogen-bond donors (Lipinski definition) is 1. The summed E-state index contributed by atoms with van der Waals surface area (Å²) in [4.78, 5) is 12.7. The lowest BCUT2D eigenvalue weighted by Gasteiger charge is -2.37. The van der Waals surface area contributed by atoms with Gasteiger partial charge in [0.05, 0.1) is 6.04 Å². The molecule has 0 bridgehead atoms. The summed E-state index contributed by atoms with van der Waals surface area (Å²) >= 11 is 0. The molecule has 1 aliphatic rings. The van der Waals surface area contributed by atoms with E-state index in [9.17, 15) is 4.79 Å². The Hall–Kier alpha value is -2.75. The molecule has 0 saturated carbocycles. The Balaban J connectivity index is 1.63. The summed E-state index contributed by atoms with van der Waals surface area (Å²) in [5.74, 6) is 0.949. The second-order valence-corrected chi connectivity index (χ2v) is 6.78. The van der Waals surface area contributed by atoms with Crippen molar-refractivity contribution in [1.82, 2.24) is 5.32 Å². The maximum atomic E-state index is 12.7. The molecule has 122 valence electrons. The van der Waals surface area contributed by atoms with E-state index in [0.717, 1.165) is 22.3 Å². The maximum Gasteiger partial charge on any atom is 0.287 e. The van der Waals surface area contributed by atoms with Crippen molar-refractivity contribution in [2.75, 3.05) is 0 Å². The minimum Gasteiger partial charge on any atom is -0.487 e. The van der Waals surface area contributed by atoms with Crippen LogP contribution < -0.4 is 10.1 Å². The first-order chi connectivity index (χ1) is 11.5. The number of para-hydroxylation sites is 2. The minimum atomic E-state index is -0.333. The third-order valence-electron chi connectivity index (χ3n) is 4.33. The van der Waals surface area contributed by atoms with E-state index in [4.69, 9.17) is 9.15 Å². The molecule has 2 aromatic carbocycles. The molecule has 2 heterocycles. The first-order valence-electron chi connectivity index (χ1n) is 8.09. The van der Waals surface area contributed by atoms with Gasteiger partial charge in [-0.15, -0.1) is 0 Å². The highest BCUT2D eigenvalue weighted by Crippen LogP contribution is 2.39. The van der Waals surface area contributed by atoms with Crippen LogP contribution in [0.3, 0.4) is 0 Å². The fraction of sp³-hybridized carbons (Fsp3) is 0.250. The third-order valence-corrected chi connectivity index (χ3v) is 4.33. The van der Waals surface area contributed by atoms with Crippen LogP contribution in [0.25, 0.3) is 11.0 Å². The van der Waals surface area contributed by atoms with Gasteiger partial charge in [-0.3, -0.25) is 4.79 Å². The van der Waals surface area contributed by atoms with Crippen LogP contribution in [0.2, 0.25) is 0 Å². The van der Waals surface area contributed by atoms with E-state index >= 15 is 0 Å². The topological polar surface area (TPSA) is 51.5 Å². The van der Waals surface area contributed by atoms with Crippen molar-refractivity contribution in [2.45, 2.75) is 31.9 Å². The van der Waals surface area contributed by atoms with Crippen molar-refractivity contribution in [1.29, 1.82) is 0 Å². The van der Waals surface area contributed by atoms with Crippen LogP contribution in [0.5, 0.6) is 5.75 Å². The van der Waals surface area contributed by atoms with Gasteiger partial charge in [0.1, 0.15) is 16.9 Å². The molecule has 1 N–H and O–H groups in total. The van der Waals surface area contributed by atoms with E-state index in [1.165, 1.54) is 0 Å². The Morgan fingerprint density at radius 1 is 1.12 bits per heavy atom. The number of amides is 1. The molecule has 4 nitrogen and oxygen atoms in total. The summed E-state index contributed by atoms with van der Waals surface area (Å²) in [6.07, 6.45) is 0.704. The Morgan fingerprint density at radius 3 is 2.71 bits per heavy atom. The number of hydrogen-bond acceptors (Lipinski definition) is 3. The lowest BCUT2D eigenvalue weighted by molar-refractivity contribution is 0.0612. The van der Waals surface area contributed by atoms with Gasteiger partial charge in [0.25, 0.3) is 5.91 Å². The predicted octanol–water partition coefficient (Wildman–Crippen LogP) is 4.47. The summed E-state index contributed by atoms with van der Waals surface area (Å²) in [7, 11) is 0. The van der Waals surface area contributed by atoms with Crippen LogP contribution in [0, 0.1) is 0 Å². The van der Waals surface area contributed by atoms with Gasteiger partial charge >= 0.3 is 0 Å². The molecule has 4 rings (SSSR count). The van der Waals surface area contributed by atoms with E-state index in [-0.39, 0.29) is 17.6 Å². The number of ether oxygens (including phenoxy) is 1. The van der Waals surface area contributed by atoms with E-state index in [2.05, 4.69) is 5.32 Å². The molecule has 1 unspecified atom stereocenters. The van der Waals surface area contributed by atoms with E-state index in [0.29, 0.717) is 12.2 Å². The van der Waals surface area contributed by atoms with Gasteiger partial charge in [-0.05, 0) is 32.0 Å². The van der Waals surface area contributed by atoms with Gasteiger partial charge in [-0.2, -0.15) is 0 Å². The van der Waals surface area contributed by atoms with Crippen LogP contribution in [-0.2, 0) is 0 Å². The average Bonchev–Trinajstić information content (AvgIpc) is 2.98. The quantitative estimate of drug-likeness (QED) is 0.758. The lowest BCUT2D eigenvalue weighted by Crippen LogP contribution is -2.41. The number of carbonyl (C=O) groups is 1. The Morgan fingerprint density at radius 2 is 1.88 bits per heavy atom. The predicted molar refractivity (Wildman–Crippen MR) is 92.2 cm³/mol. The normalized spacial score (nSPS) is 18.7. The van der Waals surface area contributed by atoms with Crippen LogP contribution in [0.4, 0.5) is 0 Å². The second kappa shape index (κ2) is 5.41. The number of benzene rings is 2. The first-order valence-corrected chi connectivity index (χ1v) is 8.09. The van der Waals surface area contributed by atoms with Crippen molar-refractivity contribution >= 4 is 16.9 Å². The molecular formula is C20H19NO3. The molecule has 0 fully saturated rings. The van der Waals surface area contributed by atoms with Crippen LogP contribution in [0.1, 0.15) is 42.4 Å². The Kier molecular flexibility index (Phi) is 3.34.